The standard InChI is InChI=1S/C27H39N2O3/c1-2-3-4-5-6-7-8-9-10-11-22-28-27(30)25-18-14-23(15-19-25)12-13-24-16-20-26(21-17-24)29(31)32/h13-21,29,31H,2-12,22H2,1H3,(H,28,30). The van der Waals surface area contributed by atoms with Gasteiger partial charge in [-0.1, -0.05) is 89.0 Å². The van der Waals surface area contributed by atoms with Gasteiger partial charge in [0.1, 0.15) is 0 Å². The van der Waals surface area contributed by atoms with E-state index in [0.29, 0.717) is 5.56 Å². The molecule has 32 heavy (non-hydrogen) atoms. The van der Waals surface area contributed by atoms with E-state index in [1.54, 1.807) is 24.3 Å². The molecule has 0 aliphatic rings. The average Bonchev–Trinajstić information content (AvgIpc) is 2.81. The smallest absolute Gasteiger partial charge is 0.251 e. The van der Waals surface area contributed by atoms with Crippen LogP contribution in [0.15, 0.2) is 48.5 Å². The maximum atomic E-state index is 12.3. The van der Waals surface area contributed by atoms with Gasteiger partial charge >= 0.3 is 0 Å². The Morgan fingerprint density at radius 2 is 1.44 bits per heavy atom. The van der Waals surface area contributed by atoms with Crippen LogP contribution in [0.4, 0.5) is 5.69 Å². The number of benzene rings is 2. The minimum Gasteiger partial charge on any atom is -0.595 e. The van der Waals surface area contributed by atoms with Gasteiger partial charge in [0.2, 0.25) is 0 Å². The molecule has 1 amide bonds. The maximum absolute atomic E-state index is 12.3. The van der Waals surface area contributed by atoms with Crippen molar-refractivity contribution in [2.75, 3.05) is 6.54 Å². The molecule has 2 aromatic carbocycles. The predicted molar refractivity (Wildman–Crippen MR) is 130 cm³/mol. The molecule has 2 rings (SSSR count). The zero-order valence-corrected chi connectivity index (χ0v) is 19.4. The summed E-state index contributed by atoms with van der Waals surface area (Å²) >= 11 is 0. The van der Waals surface area contributed by atoms with Crippen LogP contribution in [0.3, 0.4) is 0 Å². The minimum atomic E-state index is -0.918. The molecule has 5 nitrogen and oxygen atoms in total. The topological polar surface area (TPSA) is 76.8 Å². The zero-order valence-electron chi connectivity index (χ0n) is 19.4. The van der Waals surface area contributed by atoms with Gasteiger partial charge in [-0.2, -0.15) is 5.23 Å². The molecule has 5 heteroatoms. The summed E-state index contributed by atoms with van der Waals surface area (Å²) in [5.41, 5.74) is 3.06. The number of carbonyl (C=O) groups excluding carboxylic acids is 1. The van der Waals surface area contributed by atoms with Crippen LogP contribution in [0.1, 0.15) is 92.6 Å². The molecule has 0 heterocycles. The third-order valence-electron chi connectivity index (χ3n) is 5.76. The van der Waals surface area contributed by atoms with Gasteiger partial charge in [-0.15, -0.1) is 0 Å². The van der Waals surface area contributed by atoms with Crippen molar-refractivity contribution >= 4 is 11.6 Å². The first-order valence-electron chi connectivity index (χ1n) is 12.1. The van der Waals surface area contributed by atoms with E-state index in [2.05, 4.69) is 12.2 Å². The molecule has 0 spiro atoms. The summed E-state index contributed by atoms with van der Waals surface area (Å²) in [7, 11) is 0. The normalized spacial score (nSPS) is 12.0. The van der Waals surface area contributed by atoms with Gasteiger partial charge in [0.25, 0.3) is 5.91 Å². The number of nitrogens with one attached hydrogen (secondary N) is 2. The second kappa shape index (κ2) is 15.6. The highest BCUT2D eigenvalue weighted by atomic mass is 16.8. The molecule has 2 aromatic rings. The van der Waals surface area contributed by atoms with Crippen molar-refractivity contribution in [1.82, 2.24) is 5.32 Å². The second-order valence-corrected chi connectivity index (χ2v) is 8.47. The first kappa shape index (κ1) is 26.0. The van der Waals surface area contributed by atoms with Gasteiger partial charge in [0, 0.05) is 24.2 Å². The fraction of sp³-hybridized carbons (Fsp3) is 0.481. The lowest BCUT2D eigenvalue weighted by Gasteiger charge is -2.11. The molecular formula is C27H39N2O3. The quantitative estimate of drug-likeness (QED) is 0.237. The van der Waals surface area contributed by atoms with E-state index in [9.17, 15) is 10.0 Å². The molecule has 175 valence electrons. The molecule has 0 aliphatic carbocycles. The fourth-order valence-corrected chi connectivity index (χ4v) is 3.71. The van der Waals surface area contributed by atoms with Gasteiger partial charge in [0.05, 0.1) is 0 Å². The fourth-order valence-electron chi connectivity index (χ4n) is 3.71. The highest BCUT2D eigenvalue weighted by Gasteiger charge is 2.05. The third-order valence-corrected chi connectivity index (χ3v) is 5.76. The Balaban J connectivity index is 1.57. The number of hydrogen-bond acceptors (Lipinski definition) is 3. The van der Waals surface area contributed by atoms with Crippen LogP contribution in [0, 0.1) is 11.6 Å². The van der Waals surface area contributed by atoms with Crippen LogP contribution in [0.2, 0.25) is 0 Å². The number of unbranched alkanes of at least 4 members (excludes halogenated alkanes) is 9. The van der Waals surface area contributed by atoms with Crippen LogP contribution in [-0.2, 0) is 6.42 Å². The van der Waals surface area contributed by atoms with Gasteiger partial charge < -0.3 is 10.5 Å². The highest BCUT2D eigenvalue weighted by Crippen LogP contribution is 2.13. The minimum absolute atomic E-state index is 0.0132. The van der Waals surface area contributed by atoms with Crippen molar-refractivity contribution in [3.05, 3.63) is 76.8 Å². The van der Waals surface area contributed by atoms with E-state index >= 15 is 0 Å². The highest BCUT2D eigenvalue weighted by molar-refractivity contribution is 5.94. The van der Waals surface area contributed by atoms with Crippen molar-refractivity contribution in [3.63, 3.8) is 0 Å². The number of rotatable bonds is 16. The molecule has 0 saturated carbocycles. The van der Waals surface area contributed by atoms with Crippen molar-refractivity contribution in [2.24, 2.45) is 0 Å². The molecular weight excluding hydrogens is 400 g/mol. The van der Waals surface area contributed by atoms with Gasteiger partial charge in [-0.05, 0) is 42.5 Å². The Morgan fingerprint density at radius 1 is 0.875 bits per heavy atom. The Hall–Kier alpha value is -2.21. The van der Waals surface area contributed by atoms with E-state index in [4.69, 9.17) is 5.21 Å². The summed E-state index contributed by atoms with van der Waals surface area (Å²) in [5, 5.41) is 22.0. The first-order valence-corrected chi connectivity index (χ1v) is 12.1. The molecule has 0 bridgehead atoms. The maximum Gasteiger partial charge on any atom is 0.251 e. The van der Waals surface area contributed by atoms with Gasteiger partial charge in [0.15, 0.2) is 5.69 Å². The largest absolute Gasteiger partial charge is 0.595 e. The molecule has 1 atom stereocenters. The lowest BCUT2D eigenvalue weighted by atomic mass is 10.0. The summed E-state index contributed by atoms with van der Waals surface area (Å²) in [4.78, 5) is 12.3. The Labute approximate surface area is 193 Å². The van der Waals surface area contributed by atoms with Crippen molar-refractivity contribution in [1.29, 1.82) is 0 Å². The molecule has 0 fully saturated rings. The molecule has 0 saturated heterocycles. The number of hydrogen-bond donors (Lipinski definition) is 3. The van der Waals surface area contributed by atoms with E-state index in [1.807, 2.05) is 30.7 Å². The molecule has 1 radical (unpaired) electrons. The SMILES string of the molecule is CCCCCCCCCCCCNC(=O)c1ccc(C[CH]c2ccc([NH+]([O-])O)cc2)cc1. The number of quaternary nitrogens is 1. The lowest BCUT2D eigenvalue weighted by molar-refractivity contribution is -0.991. The van der Waals surface area contributed by atoms with E-state index in [-0.39, 0.29) is 11.6 Å². The summed E-state index contributed by atoms with van der Waals surface area (Å²) in [6, 6.07) is 14.5. The molecule has 0 aromatic heterocycles. The van der Waals surface area contributed by atoms with Crippen molar-refractivity contribution in [3.8, 4) is 0 Å². The van der Waals surface area contributed by atoms with Crippen LogP contribution < -0.4 is 10.5 Å². The summed E-state index contributed by atoms with van der Waals surface area (Å²) in [6.45, 7) is 2.98. The Kier molecular flexibility index (Phi) is 12.7. The van der Waals surface area contributed by atoms with Crippen molar-refractivity contribution in [2.45, 2.75) is 77.6 Å². The van der Waals surface area contributed by atoms with Crippen LogP contribution in [-0.4, -0.2) is 17.7 Å². The van der Waals surface area contributed by atoms with Crippen LogP contribution >= 0.6 is 0 Å². The first-order chi connectivity index (χ1) is 15.6. The lowest BCUT2D eigenvalue weighted by Crippen LogP contribution is -2.99. The molecule has 0 aliphatic heterocycles. The Bertz CT molecular complexity index is 757. The second-order valence-electron chi connectivity index (χ2n) is 8.47. The third kappa shape index (κ3) is 10.4. The van der Waals surface area contributed by atoms with E-state index in [0.717, 1.165) is 30.5 Å². The van der Waals surface area contributed by atoms with E-state index < -0.39 is 5.23 Å². The van der Waals surface area contributed by atoms with Crippen molar-refractivity contribution < 1.29 is 15.2 Å². The number of carbonyl (C=O) groups is 1. The summed E-state index contributed by atoms with van der Waals surface area (Å²) in [6.07, 6.45) is 15.7. The summed E-state index contributed by atoms with van der Waals surface area (Å²) < 4.78 is 0. The molecule has 3 N–H and O–H groups in total. The zero-order chi connectivity index (χ0) is 23.0. The van der Waals surface area contributed by atoms with Crippen LogP contribution in [0.25, 0.3) is 0 Å². The number of amides is 1. The molecule has 1 unspecified atom stereocenters. The summed E-state index contributed by atoms with van der Waals surface area (Å²) in [5.74, 6) is -0.0132. The van der Waals surface area contributed by atoms with Gasteiger partial charge in [-0.25, -0.2) is 5.21 Å². The Morgan fingerprint density at radius 3 is 2.00 bits per heavy atom. The average molecular weight is 440 g/mol. The van der Waals surface area contributed by atoms with Gasteiger partial charge in [-0.3, -0.25) is 4.79 Å². The van der Waals surface area contributed by atoms with Crippen LogP contribution in [0.5, 0.6) is 0 Å². The predicted octanol–water partition coefficient (Wildman–Crippen LogP) is 5.54. The van der Waals surface area contributed by atoms with E-state index in [1.165, 1.54) is 57.8 Å². The monoisotopic (exact) mass is 439 g/mol.